The molecule has 0 N–H and O–H groups in total. The molecule has 0 aliphatic heterocycles. The first-order valence-electron chi connectivity index (χ1n) is 15.9. The van der Waals surface area contributed by atoms with Gasteiger partial charge in [0.25, 0.3) is 0 Å². The summed E-state index contributed by atoms with van der Waals surface area (Å²) in [5.74, 6) is 3.11. The van der Waals surface area contributed by atoms with E-state index >= 15 is 0 Å². The van der Waals surface area contributed by atoms with Crippen LogP contribution in [0.5, 0.6) is 5.75 Å². The van der Waals surface area contributed by atoms with Crippen LogP contribution in [0.2, 0.25) is 0 Å². The molecular weight excluding hydrogens is 556 g/mol. The third-order valence-electron chi connectivity index (χ3n) is 7.37. The fraction of sp³-hybridized carbons (Fsp3) is 0.300. The van der Waals surface area contributed by atoms with Crippen molar-refractivity contribution in [2.24, 2.45) is 0 Å². The van der Waals surface area contributed by atoms with Gasteiger partial charge in [-0.1, -0.05) is 55.1 Å². The highest BCUT2D eigenvalue weighted by Gasteiger charge is 2.09. The molecule has 1 aliphatic carbocycles. The Morgan fingerprint density at radius 3 is 2.24 bits per heavy atom. The number of ether oxygens (including phenoxy) is 3. The molecule has 3 rings (SSSR count). The number of allylic oxidation sites excluding steroid dienone is 10. The van der Waals surface area contributed by atoms with Crippen molar-refractivity contribution in [1.82, 2.24) is 4.90 Å². The molecule has 0 fully saturated rings. The summed E-state index contributed by atoms with van der Waals surface area (Å²) in [5.41, 5.74) is 5.37. The van der Waals surface area contributed by atoms with Gasteiger partial charge in [0.05, 0.1) is 11.5 Å². The lowest BCUT2D eigenvalue weighted by Crippen LogP contribution is -2.25. The van der Waals surface area contributed by atoms with Crippen LogP contribution in [0.1, 0.15) is 65.0 Å². The number of hydrogen-bond acceptors (Lipinski definition) is 5. The van der Waals surface area contributed by atoms with E-state index < -0.39 is 0 Å². The molecule has 0 saturated heterocycles. The Balaban J connectivity index is 1.72. The molecule has 0 spiro atoms. The van der Waals surface area contributed by atoms with Gasteiger partial charge in [-0.3, -0.25) is 0 Å². The predicted octanol–water partition coefficient (Wildman–Crippen LogP) is 10.4. The van der Waals surface area contributed by atoms with Gasteiger partial charge in [-0.15, -0.1) is 6.58 Å². The average Bonchev–Trinajstić information content (AvgIpc) is 3.06. The number of nitrogens with zero attached hydrogens (tertiary/aromatic N) is 2. The molecule has 0 unspecified atom stereocenters. The second kappa shape index (κ2) is 18.9. The molecule has 45 heavy (non-hydrogen) atoms. The third kappa shape index (κ3) is 11.4. The van der Waals surface area contributed by atoms with E-state index in [1.165, 1.54) is 5.70 Å². The fourth-order valence-electron chi connectivity index (χ4n) is 4.84. The van der Waals surface area contributed by atoms with Crippen molar-refractivity contribution in [2.75, 3.05) is 31.5 Å². The quantitative estimate of drug-likeness (QED) is 0.0730. The van der Waals surface area contributed by atoms with Gasteiger partial charge in [0, 0.05) is 24.5 Å². The van der Waals surface area contributed by atoms with Crippen molar-refractivity contribution in [1.29, 1.82) is 0 Å². The molecular formula is C40H50N2O3. The molecule has 1 aliphatic rings. The summed E-state index contributed by atoms with van der Waals surface area (Å²) in [5, 5.41) is 0. The molecule has 2 aromatic carbocycles. The Kier molecular flexibility index (Phi) is 14.6. The monoisotopic (exact) mass is 606 g/mol. The summed E-state index contributed by atoms with van der Waals surface area (Å²) in [6, 6.07) is 16.3. The number of anilines is 1. The Morgan fingerprint density at radius 1 is 0.867 bits per heavy atom. The minimum absolute atomic E-state index is 0.462. The zero-order chi connectivity index (χ0) is 32.4. The zero-order valence-corrected chi connectivity index (χ0v) is 27.8. The van der Waals surface area contributed by atoms with Crippen LogP contribution in [0.15, 0.2) is 133 Å². The molecule has 0 atom stereocenters. The van der Waals surface area contributed by atoms with Gasteiger partial charge in [-0.2, -0.15) is 0 Å². The molecule has 0 bridgehead atoms. The number of benzene rings is 2. The number of rotatable bonds is 18. The normalized spacial score (nSPS) is 14.0. The Bertz CT molecular complexity index is 1440. The van der Waals surface area contributed by atoms with Crippen LogP contribution in [0.3, 0.4) is 0 Å². The van der Waals surface area contributed by atoms with Gasteiger partial charge in [0.15, 0.2) is 13.5 Å². The van der Waals surface area contributed by atoms with E-state index in [2.05, 4.69) is 73.2 Å². The topological polar surface area (TPSA) is 34.2 Å². The Hall–Kier alpha value is -4.64. The van der Waals surface area contributed by atoms with E-state index in [0.717, 1.165) is 71.3 Å². The minimum Gasteiger partial charge on any atom is -0.478 e. The van der Waals surface area contributed by atoms with E-state index in [-0.39, 0.29) is 0 Å². The van der Waals surface area contributed by atoms with Gasteiger partial charge in [0.1, 0.15) is 11.5 Å². The minimum atomic E-state index is 0.462. The number of likely N-dealkylation sites (N-methyl/N-ethyl adjacent to an activating group) is 1. The van der Waals surface area contributed by atoms with Crippen LogP contribution in [0.25, 0.3) is 12.2 Å². The van der Waals surface area contributed by atoms with Gasteiger partial charge in [0.2, 0.25) is 0 Å². The second-order valence-electron chi connectivity index (χ2n) is 10.7. The van der Waals surface area contributed by atoms with Gasteiger partial charge in [-0.05, 0) is 125 Å². The van der Waals surface area contributed by atoms with Crippen molar-refractivity contribution in [3.05, 3.63) is 144 Å². The van der Waals surface area contributed by atoms with E-state index in [1.54, 1.807) is 0 Å². The van der Waals surface area contributed by atoms with Crippen LogP contribution in [0, 0.1) is 0 Å². The van der Waals surface area contributed by atoms with E-state index in [0.29, 0.717) is 19.9 Å². The van der Waals surface area contributed by atoms with Crippen molar-refractivity contribution < 1.29 is 14.2 Å². The first kappa shape index (κ1) is 34.8. The van der Waals surface area contributed by atoms with E-state index in [4.69, 9.17) is 14.2 Å². The maximum atomic E-state index is 6.36. The molecule has 5 heteroatoms. The highest BCUT2D eigenvalue weighted by atomic mass is 16.5. The van der Waals surface area contributed by atoms with Gasteiger partial charge >= 0.3 is 0 Å². The molecule has 0 saturated carbocycles. The molecule has 2 aromatic rings. The summed E-state index contributed by atoms with van der Waals surface area (Å²) in [6.45, 7) is 20.8. The Morgan fingerprint density at radius 2 is 1.60 bits per heavy atom. The lowest BCUT2D eigenvalue weighted by atomic mass is 10.1. The molecule has 0 radical (unpaired) electrons. The SMILES string of the molecule is C=CCC(=C\C(=C/C)Oc1ccc(C=C)c(/C=C(\C)OCN(CC)c2ccccc2)c1)/C=C(\C)OCN(CC)C1=CCCC=C1. The smallest absolute Gasteiger partial charge is 0.160 e. The lowest BCUT2D eigenvalue weighted by Gasteiger charge is -2.25. The second-order valence-corrected chi connectivity index (χ2v) is 10.7. The van der Waals surface area contributed by atoms with Crippen molar-refractivity contribution in [3.63, 3.8) is 0 Å². The standard InChI is InChI=1S/C40H50N2O3/c1-8-19-34(26-32(6)43-30-41(11-4)37-20-15-13-16-21-37)28-39(10-3)45-40-25-24-35(9-2)36(29-40)27-33(7)44-31-42(12-5)38-22-17-14-18-23-38/h8-10,14-15,17-18,20-29H,1-2,11-13,16,19,30-31H2,3-7H3/b32-26+,33-27+,34-28+,39-10+. The van der Waals surface area contributed by atoms with Crippen LogP contribution < -0.4 is 9.64 Å². The summed E-state index contributed by atoms with van der Waals surface area (Å²) < 4.78 is 18.6. The van der Waals surface area contributed by atoms with Crippen molar-refractivity contribution in [3.8, 4) is 5.75 Å². The molecule has 0 aromatic heterocycles. The largest absolute Gasteiger partial charge is 0.478 e. The maximum Gasteiger partial charge on any atom is 0.160 e. The number of hydrogen-bond donors (Lipinski definition) is 0. The van der Waals surface area contributed by atoms with Gasteiger partial charge in [-0.25, -0.2) is 0 Å². The van der Waals surface area contributed by atoms with Crippen molar-refractivity contribution in [2.45, 2.75) is 53.9 Å². The highest BCUT2D eigenvalue weighted by molar-refractivity contribution is 5.67. The van der Waals surface area contributed by atoms with E-state index in [1.807, 2.05) is 87.5 Å². The molecule has 238 valence electrons. The summed E-state index contributed by atoms with van der Waals surface area (Å²) >= 11 is 0. The van der Waals surface area contributed by atoms with Crippen molar-refractivity contribution >= 4 is 17.8 Å². The van der Waals surface area contributed by atoms with Crippen LogP contribution >= 0.6 is 0 Å². The van der Waals surface area contributed by atoms with Crippen LogP contribution in [-0.2, 0) is 9.47 Å². The highest BCUT2D eigenvalue weighted by Crippen LogP contribution is 2.25. The summed E-state index contributed by atoms with van der Waals surface area (Å²) in [4.78, 5) is 4.42. The Labute approximate surface area is 271 Å². The fourth-order valence-corrected chi connectivity index (χ4v) is 4.84. The van der Waals surface area contributed by atoms with Gasteiger partial charge < -0.3 is 24.0 Å². The van der Waals surface area contributed by atoms with E-state index in [9.17, 15) is 0 Å². The molecule has 5 nitrogen and oxygen atoms in total. The molecule has 0 heterocycles. The molecule has 0 amide bonds. The third-order valence-corrected chi connectivity index (χ3v) is 7.37. The first-order chi connectivity index (χ1) is 21.9. The average molecular weight is 607 g/mol. The van der Waals surface area contributed by atoms with Crippen LogP contribution in [0.4, 0.5) is 5.69 Å². The van der Waals surface area contributed by atoms with Crippen LogP contribution in [-0.4, -0.2) is 31.5 Å². The lowest BCUT2D eigenvalue weighted by molar-refractivity contribution is 0.104. The predicted molar refractivity (Wildman–Crippen MR) is 191 cm³/mol. The first-order valence-corrected chi connectivity index (χ1v) is 15.9. The maximum absolute atomic E-state index is 6.36. The number of para-hydroxylation sites is 1. The summed E-state index contributed by atoms with van der Waals surface area (Å²) in [7, 11) is 0. The zero-order valence-electron chi connectivity index (χ0n) is 27.8. The summed E-state index contributed by atoms with van der Waals surface area (Å²) in [6.07, 6.45) is 21.3.